The number of hydrogen-bond acceptors (Lipinski definition) is 5. The number of nitrogens with zero attached hydrogens (tertiary/aromatic N) is 1. The number of unbranched alkanes of at least 4 members (excludes halogenated alkanes) is 15. The summed E-state index contributed by atoms with van der Waals surface area (Å²) in [4.78, 5) is 28.4. The van der Waals surface area contributed by atoms with E-state index in [1.54, 1.807) is 12.5 Å². The third-order valence-corrected chi connectivity index (χ3v) is 7.22. The van der Waals surface area contributed by atoms with Gasteiger partial charge in [-0.25, -0.2) is 4.98 Å². The highest BCUT2D eigenvalue weighted by atomic mass is 32.2. The number of rotatable bonds is 23. The van der Waals surface area contributed by atoms with Crippen molar-refractivity contribution in [1.29, 1.82) is 0 Å². The Balaban J connectivity index is 0.00000121. The highest BCUT2D eigenvalue weighted by Gasteiger charge is 2.20. The number of aliphatic carboxylic acids is 2. The van der Waals surface area contributed by atoms with Gasteiger partial charge in [0.15, 0.2) is 0 Å². The lowest BCUT2D eigenvalue weighted by molar-refractivity contribution is -0.142. The van der Waals surface area contributed by atoms with E-state index in [1.807, 2.05) is 0 Å². The summed E-state index contributed by atoms with van der Waals surface area (Å²) < 4.78 is 0. The fourth-order valence-corrected chi connectivity index (χ4v) is 4.89. The second-order valence-corrected chi connectivity index (χ2v) is 10.5. The van der Waals surface area contributed by atoms with Crippen LogP contribution in [0.2, 0.25) is 0 Å². The minimum absolute atomic E-state index is 0.293. The van der Waals surface area contributed by atoms with E-state index in [4.69, 9.17) is 15.9 Å². The van der Waals surface area contributed by atoms with E-state index in [2.05, 4.69) is 16.9 Å². The molecule has 0 aliphatic carbocycles. The lowest BCUT2D eigenvalue weighted by atomic mass is 10.0. The molecule has 0 bridgehead atoms. The average Bonchev–Trinajstić information content (AvgIpc) is 3.34. The van der Waals surface area contributed by atoms with Crippen LogP contribution in [0.15, 0.2) is 12.5 Å². The molecule has 5 N–H and O–H groups in total. The summed E-state index contributed by atoms with van der Waals surface area (Å²) in [5.41, 5.74) is 6.38. The molecular formula is C27H51N3O4S. The Morgan fingerprint density at radius 3 is 1.74 bits per heavy atom. The summed E-state index contributed by atoms with van der Waals surface area (Å²) in [6.45, 7) is 2.95. The zero-order chi connectivity index (χ0) is 26.0. The molecule has 0 radical (unpaired) electrons. The van der Waals surface area contributed by atoms with Gasteiger partial charge >= 0.3 is 11.9 Å². The van der Waals surface area contributed by atoms with Crippen molar-refractivity contribution in [2.24, 2.45) is 5.73 Å². The van der Waals surface area contributed by atoms with Gasteiger partial charge < -0.3 is 20.9 Å². The van der Waals surface area contributed by atoms with E-state index in [0.717, 1.165) is 30.7 Å². The van der Waals surface area contributed by atoms with Gasteiger partial charge in [0.05, 0.1) is 12.7 Å². The zero-order valence-corrected chi connectivity index (χ0v) is 22.8. The largest absolute Gasteiger partial charge is 0.481 e. The van der Waals surface area contributed by atoms with Crippen LogP contribution < -0.4 is 5.73 Å². The van der Waals surface area contributed by atoms with Gasteiger partial charge in [0, 0.05) is 18.3 Å². The second kappa shape index (κ2) is 25.5. The molecule has 1 heterocycles. The molecule has 1 aromatic heterocycles. The Labute approximate surface area is 217 Å². The highest BCUT2D eigenvalue weighted by molar-refractivity contribution is 8.00. The van der Waals surface area contributed by atoms with Crippen LogP contribution in [0.5, 0.6) is 0 Å². The van der Waals surface area contributed by atoms with Gasteiger partial charge in [0.25, 0.3) is 0 Å². The quantitative estimate of drug-likeness (QED) is 0.118. The minimum atomic E-state index is -1.04. The molecule has 0 saturated carbocycles. The van der Waals surface area contributed by atoms with Gasteiger partial charge in [-0.2, -0.15) is 0 Å². The summed E-state index contributed by atoms with van der Waals surface area (Å²) in [5, 5.41) is 16.9. The Bertz CT molecular complexity index is 599. The number of nitrogens with one attached hydrogen (secondary N) is 1. The molecular weight excluding hydrogens is 462 g/mol. The molecule has 0 fully saturated rings. The molecule has 0 saturated heterocycles. The molecule has 0 spiro atoms. The van der Waals surface area contributed by atoms with E-state index in [0.29, 0.717) is 6.54 Å². The molecule has 35 heavy (non-hydrogen) atoms. The first-order valence-electron chi connectivity index (χ1n) is 13.7. The smallest absolute Gasteiger partial charge is 0.317 e. The molecule has 0 amide bonds. The zero-order valence-electron chi connectivity index (χ0n) is 22.0. The third kappa shape index (κ3) is 24.0. The fourth-order valence-electron chi connectivity index (χ4n) is 3.83. The van der Waals surface area contributed by atoms with Crippen molar-refractivity contribution >= 4 is 23.7 Å². The number of H-pyrrole nitrogens is 1. The first-order chi connectivity index (χ1) is 17.0. The van der Waals surface area contributed by atoms with Crippen molar-refractivity contribution < 1.29 is 19.8 Å². The lowest BCUT2D eigenvalue weighted by Gasteiger charge is -2.09. The number of carboxylic acids is 2. The molecule has 1 rings (SSSR count). The van der Waals surface area contributed by atoms with Crippen LogP contribution in [0.25, 0.3) is 0 Å². The highest BCUT2D eigenvalue weighted by Crippen LogP contribution is 2.18. The number of carbonyl (C=O) groups is 2. The Hall–Kier alpha value is -1.54. The van der Waals surface area contributed by atoms with Crippen LogP contribution in [0.3, 0.4) is 0 Å². The fraction of sp³-hybridized carbons (Fsp3) is 0.815. The molecule has 204 valence electrons. The first kappa shape index (κ1) is 33.5. The minimum Gasteiger partial charge on any atom is -0.481 e. The van der Waals surface area contributed by atoms with Crippen molar-refractivity contribution in [1.82, 2.24) is 9.97 Å². The van der Waals surface area contributed by atoms with Crippen molar-refractivity contribution in [3.63, 3.8) is 0 Å². The standard InChI is InChI=1S/C22H42O4S.C5H9N3/c1-2-3-4-5-6-7-8-9-10-11-12-13-14-15-16-17-18-27-20(22(25)26)19-21(23)24;6-2-1-5-3-7-4-8-5/h20H,2-19H2,1H3,(H,23,24)(H,25,26);3-4H,1-2,6H2,(H,7,8). The third-order valence-electron chi connectivity index (χ3n) is 5.92. The Morgan fingerprint density at radius 1 is 0.886 bits per heavy atom. The summed E-state index contributed by atoms with van der Waals surface area (Å²) in [6, 6.07) is 0. The maximum atomic E-state index is 11.0. The number of imidazole rings is 1. The summed E-state index contributed by atoms with van der Waals surface area (Å²) in [7, 11) is 0. The van der Waals surface area contributed by atoms with Crippen LogP contribution in [0.4, 0.5) is 0 Å². The Morgan fingerprint density at radius 2 is 1.37 bits per heavy atom. The number of thioether (sulfide) groups is 1. The van der Waals surface area contributed by atoms with Gasteiger partial charge in [0.1, 0.15) is 5.25 Å². The Kier molecular flexibility index (Phi) is 24.4. The van der Waals surface area contributed by atoms with Gasteiger partial charge in [-0.05, 0) is 18.7 Å². The molecule has 0 aromatic carbocycles. The van der Waals surface area contributed by atoms with Crippen molar-refractivity contribution in [2.45, 2.75) is 128 Å². The second-order valence-electron chi connectivity index (χ2n) is 9.21. The predicted molar refractivity (Wildman–Crippen MR) is 147 cm³/mol. The molecule has 1 unspecified atom stereocenters. The molecule has 0 aliphatic rings. The monoisotopic (exact) mass is 513 g/mol. The molecule has 1 atom stereocenters. The maximum Gasteiger partial charge on any atom is 0.317 e. The van der Waals surface area contributed by atoms with Crippen LogP contribution in [-0.4, -0.2) is 49.7 Å². The van der Waals surface area contributed by atoms with E-state index in [-0.39, 0.29) is 6.42 Å². The first-order valence-corrected chi connectivity index (χ1v) is 14.8. The van der Waals surface area contributed by atoms with E-state index in [1.165, 1.54) is 102 Å². The van der Waals surface area contributed by atoms with Crippen LogP contribution in [-0.2, 0) is 16.0 Å². The van der Waals surface area contributed by atoms with Gasteiger partial charge in [-0.15, -0.1) is 11.8 Å². The van der Waals surface area contributed by atoms with Crippen LogP contribution >= 0.6 is 11.8 Å². The van der Waals surface area contributed by atoms with Crippen LogP contribution in [0, 0.1) is 0 Å². The summed E-state index contributed by atoms with van der Waals surface area (Å²) >= 11 is 1.26. The topological polar surface area (TPSA) is 129 Å². The normalized spacial score (nSPS) is 11.6. The number of nitrogens with two attached hydrogens (primary N) is 1. The van der Waals surface area contributed by atoms with E-state index in [9.17, 15) is 9.59 Å². The van der Waals surface area contributed by atoms with E-state index < -0.39 is 17.2 Å². The van der Waals surface area contributed by atoms with Gasteiger partial charge in [-0.1, -0.05) is 103 Å². The predicted octanol–water partition coefficient (Wildman–Crippen LogP) is 6.82. The maximum absolute atomic E-state index is 11.0. The van der Waals surface area contributed by atoms with Gasteiger partial charge in [0.2, 0.25) is 0 Å². The van der Waals surface area contributed by atoms with E-state index >= 15 is 0 Å². The summed E-state index contributed by atoms with van der Waals surface area (Å²) in [5.74, 6) is -1.32. The number of aromatic amines is 1. The molecule has 0 aliphatic heterocycles. The average molecular weight is 514 g/mol. The number of carboxylic acid groups (broad SMARTS) is 2. The van der Waals surface area contributed by atoms with Crippen molar-refractivity contribution in [2.75, 3.05) is 12.3 Å². The molecule has 8 heteroatoms. The lowest BCUT2D eigenvalue weighted by Crippen LogP contribution is -2.20. The summed E-state index contributed by atoms with van der Waals surface area (Å²) in [6.07, 6.45) is 25.2. The van der Waals surface area contributed by atoms with Crippen molar-refractivity contribution in [3.05, 3.63) is 18.2 Å². The van der Waals surface area contributed by atoms with Crippen molar-refractivity contribution in [3.8, 4) is 0 Å². The van der Waals surface area contributed by atoms with Crippen LogP contribution in [0.1, 0.15) is 122 Å². The molecule has 1 aromatic rings. The van der Waals surface area contributed by atoms with Gasteiger partial charge in [-0.3, -0.25) is 9.59 Å². The molecule has 7 nitrogen and oxygen atoms in total. The number of aromatic nitrogens is 2. The number of hydrogen-bond donors (Lipinski definition) is 4. The SMILES string of the molecule is CCCCCCCCCCCCCCCCCCSC(CC(=O)O)C(=O)O.NCCc1cnc[nH]1.